The minimum Gasteiger partial charge on any atom is -0.484 e. The minimum absolute atomic E-state index is 0.308. The van der Waals surface area contributed by atoms with Gasteiger partial charge in [-0.25, -0.2) is 4.79 Å². The van der Waals surface area contributed by atoms with Crippen molar-refractivity contribution in [2.24, 2.45) is 5.73 Å². The standard InChI is InChI=1S/C15H14N2O4/c16-15(19)17-14(18)10-20-12-7-4-8-13(9-12)21-11-5-2-1-3-6-11/h1-9H,10H2,(H3,16,17,18,19). The summed E-state index contributed by atoms with van der Waals surface area (Å²) in [5, 5.41) is 1.91. The molecule has 2 aromatic carbocycles. The summed E-state index contributed by atoms with van der Waals surface area (Å²) in [6, 6.07) is 15.2. The molecule has 2 aromatic rings. The van der Waals surface area contributed by atoms with Crippen LogP contribution in [0.25, 0.3) is 0 Å². The van der Waals surface area contributed by atoms with E-state index in [1.807, 2.05) is 35.6 Å². The third-order valence-electron chi connectivity index (χ3n) is 2.42. The van der Waals surface area contributed by atoms with Gasteiger partial charge in [0.05, 0.1) is 0 Å². The Bertz CT molecular complexity index is 629. The summed E-state index contributed by atoms with van der Waals surface area (Å²) in [6.45, 7) is -0.308. The molecule has 0 heterocycles. The number of carbonyl (C=O) groups is 2. The van der Waals surface area contributed by atoms with Gasteiger partial charge in [0.1, 0.15) is 17.2 Å². The van der Waals surface area contributed by atoms with Gasteiger partial charge in [-0.15, -0.1) is 0 Å². The van der Waals surface area contributed by atoms with Gasteiger partial charge in [-0.2, -0.15) is 0 Å². The lowest BCUT2D eigenvalue weighted by molar-refractivity contribution is -0.121. The molecular formula is C15H14N2O4. The minimum atomic E-state index is -0.912. The number of hydrogen-bond donors (Lipinski definition) is 2. The molecule has 0 saturated carbocycles. The van der Waals surface area contributed by atoms with Crippen molar-refractivity contribution in [2.45, 2.75) is 0 Å². The molecule has 0 aromatic heterocycles. The summed E-state index contributed by atoms with van der Waals surface area (Å²) in [7, 11) is 0. The van der Waals surface area contributed by atoms with E-state index in [-0.39, 0.29) is 6.61 Å². The Morgan fingerprint density at radius 1 is 0.952 bits per heavy atom. The van der Waals surface area contributed by atoms with Crippen molar-refractivity contribution in [2.75, 3.05) is 6.61 Å². The van der Waals surface area contributed by atoms with E-state index in [1.165, 1.54) is 0 Å². The van der Waals surface area contributed by atoms with Crippen molar-refractivity contribution in [3.8, 4) is 17.2 Å². The molecule has 0 fully saturated rings. The van der Waals surface area contributed by atoms with Crippen molar-refractivity contribution in [1.82, 2.24) is 5.32 Å². The number of ether oxygens (including phenoxy) is 2. The second kappa shape index (κ2) is 6.95. The number of hydrogen-bond acceptors (Lipinski definition) is 4. The van der Waals surface area contributed by atoms with Crippen molar-refractivity contribution in [1.29, 1.82) is 0 Å². The lowest BCUT2D eigenvalue weighted by Gasteiger charge is -2.09. The third kappa shape index (κ3) is 4.87. The molecular weight excluding hydrogens is 272 g/mol. The Labute approximate surface area is 121 Å². The normalized spacial score (nSPS) is 9.71. The van der Waals surface area contributed by atoms with Crippen LogP contribution in [0, 0.1) is 0 Å². The van der Waals surface area contributed by atoms with E-state index in [0.29, 0.717) is 17.2 Å². The summed E-state index contributed by atoms with van der Waals surface area (Å²) in [4.78, 5) is 21.7. The van der Waals surface area contributed by atoms with Crippen LogP contribution in [0.2, 0.25) is 0 Å². The van der Waals surface area contributed by atoms with Gasteiger partial charge in [-0.3, -0.25) is 10.1 Å². The Kier molecular flexibility index (Phi) is 4.76. The van der Waals surface area contributed by atoms with Gasteiger partial charge < -0.3 is 15.2 Å². The zero-order valence-electron chi connectivity index (χ0n) is 11.1. The van der Waals surface area contributed by atoms with Crippen LogP contribution in [-0.2, 0) is 4.79 Å². The Morgan fingerprint density at radius 3 is 2.33 bits per heavy atom. The van der Waals surface area contributed by atoms with Crippen LogP contribution in [0.1, 0.15) is 0 Å². The van der Waals surface area contributed by atoms with E-state index < -0.39 is 11.9 Å². The highest BCUT2D eigenvalue weighted by Gasteiger charge is 2.06. The molecule has 0 aliphatic heterocycles. The van der Waals surface area contributed by atoms with Gasteiger partial charge in [-0.1, -0.05) is 24.3 Å². The highest BCUT2D eigenvalue weighted by atomic mass is 16.5. The average Bonchev–Trinajstić information content (AvgIpc) is 2.46. The number of amides is 3. The van der Waals surface area contributed by atoms with E-state index in [4.69, 9.17) is 15.2 Å². The van der Waals surface area contributed by atoms with Gasteiger partial charge in [0.15, 0.2) is 6.61 Å². The van der Waals surface area contributed by atoms with Crippen molar-refractivity contribution >= 4 is 11.9 Å². The molecule has 3 N–H and O–H groups in total. The smallest absolute Gasteiger partial charge is 0.318 e. The van der Waals surface area contributed by atoms with Crippen LogP contribution >= 0.6 is 0 Å². The number of benzene rings is 2. The predicted molar refractivity (Wildman–Crippen MR) is 76.2 cm³/mol. The molecule has 0 aliphatic rings. The molecule has 0 radical (unpaired) electrons. The van der Waals surface area contributed by atoms with E-state index in [2.05, 4.69) is 0 Å². The van der Waals surface area contributed by atoms with Crippen LogP contribution in [0.15, 0.2) is 54.6 Å². The van der Waals surface area contributed by atoms with Crippen LogP contribution in [0.3, 0.4) is 0 Å². The maximum absolute atomic E-state index is 11.2. The zero-order valence-corrected chi connectivity index (χ0v) is 11.1. The molecule has 0 unspecified atom stereocenters. The fourth-order valence-corrected chi connectivity index (χ4v) is 1.57. The highest BCUT2D eigenvalue weighted by molar-refractivity contribution is 5.94. The quantitative estimate of drug-likeness (QED) is 0.880. The number of primary amides is 1. The van der Waals surface area contributed by atoms with Crippen LogP contribution in [0.4, 0.5) is 4.79 Å². The monoisotopic (exact) mass is 286 g/mol. The summed E-state index contributed by atoms with van der Waals surface area (Å²) in [6.07, 6.45) is 0. The van der Waals surface area contributed by atoms with Gasteiger partial charge in [-0.05, 0) is 24.3 Å². The Hall–Kier alpha value is -3.02. The largest absolute Gasteiger partial charge is 0.484 e. The molecule has 0 aliphatic carbocycles. The summed E-state index contributed by atoms with van der Waals surface area (Å²) in [5.41, 5.74) is 4.83. The summed E-state index contributed by atoms with van der Waals surface area (Å²) >= 11 is 0. The fraction of sp³-hybridized carbons (Fsp3) is 0.0667. The van der Waals surface area contributed by atoms with Gasteiger partial charge >= 0.3 is 6.03 Å². The zero-order chi connectivity index (χ0) is 15.1. The molecule has 0 bridgehead atoms. The predicted octanol–water partition coefficient (Wildman–Crippen LogP) is 2.05. The van der Waals surface area contributed by atoms with Gasteiger partial charge in [0, 0.05) is 6.07 Å². The number of nitrogens with one attached hydrogen (secondary N) is 1. The molecule has 21 heavy (non-hydrogen) atoms. The molecule has 0 saturated heterocycles. The topological polar surface area (TPSA) is 90.7 Å². The second-order valence-electron chi connectivity index (χ2n) is 4.09. The molecule has 6 heteroatoms. The van der Waals surface area contributed by atoms with Crippen molar-refractivity contribution < 1.29 is 19.1 Å². The number of para-hydroxylation sites is 1. The Balaban J connectivity index is 1.95. The third-order valence-corrected chi connectivity index (χ3v) is 2.42. The van der Waals surface area contributed by atoms with E-state index in [0.717, 1.165) is 0 Å². The molecule has 108 valence electrons. The summed E-state index contributed by atoms with van der Waals surface area (Å²) in [5.74, 6) is 1.11. The number of rotatable bonds is 5. The number of carbonyl (C=O) groups excluding carboxylic acids is 2. The van der Waals surface area contributed by atoms with Gasteiger partial charge in [0.2, 0.25) is 0 Å². The lowest BCUT2D eigenvalue weighted by Crippen LogP contribution is -2.38. The van der Waals surface area contributed by atoms with E-state index in [9.17, 15) is 9.59 Å². The number of urea groups is 1. The SMILES string of the molecule is NC(=O)NC(=O)COc1cccc(Oc2ccccc2)c1. The van der Waals surface area contributed by atoms with E-state index >= 15 is 0 Å². The molecule has 0 spiro atoms. The lowest BCUT2D eigenvalue weighted by atomic mass is 10.3. The maximum atomic E-state index is 11.2. The first-order chi connectivity index (χ1) is 10.1. The average molecular weight is 286 g/mol. The first kappa shape index (κ1) is 14.4. The molecule has 2 rings (SSSR count). The maximum Gasteiger partial charge on any atom is 0.318 e. The fourth-order valence-electron chi connectivity index (χ4n) is 1.57. The molecule has 3 amide bonds. The second-order valence-corrected chi connectivity index (χ2v) is 4.09. The first-order valence-electron chi connectivity index (χ1n) is 6.18. The molecule has 0 atom stereocenters. The highest BCUT2D eigenvalue weighted by Crippen LogP contribution is 2.24. The van der Waals surface area contributed by atoms with Crippen molar-refractivity contribution in [3.63, 3.8) is 0 Å². The van der Waals surface area contributed by atoms with Gasteiger partial charge in [0.25, 0.3) is 5.91 Å². The van der Waals surface area contributed by atoms with Crippen LogP contribution in [-0.4, -0.2) is 18.5 Å². The van der Waals surface area contributed by atoms with Crippen molar-refractivity contribution in [3.05, 3.63) is 54.6 Å². The molecule has 6 nitrogen and oxygen atoms in total. The van der Waals surface area contributed by atoms with Crippen LogP contribution < -0.4 is 20.5 Å². The Morgan fingerprint density at radius 2 is 1.62 bits per heavy atom. The number of imide groups is 1. The first-order valence-corrected chi connectivity index (χ1v) is 6.18. The van der Waals surface area contributed by atoms with E-state index in [1.54, 1.807) is 24.3 Å². The van der Waals surface area contributed by atoms with Crippen LogP contribution in [0.5, 0.6) is 17.2 Å². The summed E-state index contributed by atoms with van der Waals surface area (Å²) < 4.78 is 10.9. The number of nitrogens with two attached hydrogens (primary N) is 1.